The lowest BCUT2D eigenvalue weighted by atomic mass is 10.2. The average molecular weight is 321 g/mol. The summed E-state index contributed by atoms with van der Waals surface area (Å²) in [5.74, 6) is 5.58. The maximum absolute atomic E-state index is 12.7. The highest BCUT2D eigenvalue weighted by molar-refractivity contribution is 6.33. The highest BCUT2D eigenvalue weighted by Gasteiger charge is 2.31. The number of nitrogens with zero attached hydrogens (tertiary/aromatic N) is 1. The minimum atomic E-state index is -4.43. The molecule has 1 saturated carbocycles. The van der Waals surface area contributed by atoms with E-state index in [4.69, 9.17) is 17.4 Å². The molecular formula is C13H16ClF3N4. The molecule has 0 spiro atoms. The summed E-state index contributed by atoms with van der Waals surface area (Å²) in [6.07, 6.45) is -0.348. The molecule has 1 aromatic rings. The Labute approximate surface area is 125 Å². The molecule has 0 bridgehead atoms. The van der Waals surface area contributed by atoms with Crippen LogP contribution < -0.4 is 16.6 Å². The van der Waals surface area contributed by atoms with Crippen molar-refractivity contribution in [1.82, 2.24) is 5.43 Å². The van der Waals surface area contributed by atoms with Crippen molar-refractivity contribution < 1.29 is 13.2 Å². The second kappa shape index (κ2) is 6.53. The first kappa shape index (κ1) is 15.9. The lowest BCUT2D eigenvalue weighted by Crippen LogP contribution is -2.37. The van der Waals surface area contributed by atoms with Crippen molar-refractivity contribution in [2.45, 2.75) is 37.9 Å². The number of anilines is 1. The quantitative estimate of drug-likeness (QED) is 0.338. The third-order valence-corrected chi connectivity index (χ3v) is 3.65. The van der Waals surface area contributed by atoms with Gasteiger partial charge in [0, 0.05) is 0 Å². The average Bonchev–Trinajstić information content (AvgIpc) is 2.92. The van der Waals surface area contributed by atoms with Gasteiger partial charge < -0.3 is 5.32 Å². The summed E-state index contributed by atoms with van der Waals surface area (Å²) in [7, 11) is 0. The monoisotopic (exact) mass is 320 g/mol. The molecule has 4 nitrogen and oxygen atoms in total. The minimum absolute atomic E-state index is 0.112. The van der Waals surface area contributed by atoms with E-state index in [1.807, 2.05) is 0 Å². The Morgan fingerprint density at radius 3 is 2.52 bits per heavy atom. The first-order valence-electron chi connectivity index (χ1n) is 6.58. The van der Waals surface area contributed by atoms with Crippen molar-refractivity contribution in [3.63, 3.8) is 0 Å². The molecule has 1 aromatic carbocycles. The van der Waals surface area contributed by atoms with Crippen molar-refractivity contribution in [3.8, 4) is 0 Å². The van der Waals surface area contributed by atoms with E-state index in [9.17, 15) is 13.2 Å². The van der Waals surface area contributed by atoms with Crippen LogP contribution in [0.3, 0.4) is 0 Å². The molecule has 1 fully saturated rings. The van der Waals surface area contributed by atoms with Crippen LogP contribution in [0.4, 0.5) is 18.9 Å². The number of alkyl halides is 3. The Bertz CT molecular complexity index is 525. The van der Waals surface area contributed by atoms with Crippen LogP contribution >= 0.6 is 11.6 Å². The molecule has 8 heteroatoms. The van der Waals surface area contributed by atoms with Gasteiger partial charge in [-0.1, -0.05) is 24.4 Å². The van der Waals surface area contributed by atoms with E-state index < -0.39 is 11.7 Å². The SMILES string of the molecule is NNC(=NC1CCCC1)Nc1cc(C(F)(F)F)ccc1Cl. The van der Waals surface area contributed by atoms with Crippen LogP contribution in [0.1, 0.15) is 31.2 Å². The molecule has 2 rings (SSSR count). The molecule has 116 valence electrons. The van der Waals surface area contributed by atoms with Gasteiger partial charge in [0.05, 0.1) is 22.3 Å². The molecule has 0 heterocycles. The van der Waals surface area contributed by atoms with Crippen LogP contribution in [0.5, 0.6) is 0 Å². The Morgan fingerprint density at radius 1 is 1.29 bits per heavy atom. The zero-order valence-corrected chi connectivity index (χ0v) is 11.9. The van der Waals surface area contributed by atoms with Crippen LogP contribution in [0, 0.1) is 0 Å². The highest BCUT2D eigenvalue weighted by Crippen LogP contribution is 2.33. The van der Waals surface area contributed by atoms with Gasteiger partial charge in [0.15, 0.2) is 0 Å². The fourth-order valence-corrected chi connectivity index (χ4v) is 2.41. The molecule has 0 unspecified atom stereocenters. The van der Waals surface area contributed by atoms with E-state index in [0.717, 1.165) is 37.8 Å². The van der Waals surface area contributed by atoms with Gasteiger partial charge in [-0.15, -0.1) is 0 Å². The molecular weight excluding hydrogens is 305 g/mol. The molecule has 0 amide bonds. The molecule has 1 aliphatic carbocycles. The maximum atomic E-state index is 12.7. The van der Waals surface area contributed by atoms with E-state index in [0.29, 0.717) is 0 Å². The van der Waals surface area contributed by atoms with Gasteiger partial charge in [0.25, 0.3) is 0 Å². The van der Waals surface area contributed by atoms with Crippen molar-refractivity contribution in [3.05, 3.63) is 28.8 Å². The van der Waals surface area contributed by atoms with E-state index in [-0.39, 0.29) is 22.7 Å². The number of nitrogens with two attached hydrogens (primary N) is 1. The Morgan fingerprint density at radius 2 is 1.95 bits per heavy atom. The predicted molar refractivity (Wildman–Crippen MR) is 77.1 cm³/mol. The summed E-state index contributed by atoms with van der Waals surface area (Å²) in [4.78, 5) is 4.35. The van der Waals surface area contributed by atoms with Crippen LogP contribution in [0.25, 0.3) is 0 Å². The first-order valence-corrected chi connectivity index (χ1v) is 6.96. The second-order valence-electron chi connectivity index (χ2n) is 4.88. The van der Waals surface area contributed by atoms with E-state index in [1.54, 1.807) is 0 Å². The normalized spacial score (nSPS) is 17.1. The number of aliphatic imine (C=N–C) groups is 1. The lowest BCUT2D eigenvalue weighted by Gasteiger charge is -2.15. The van der Waals surface area contributed by atoms with Crippen molar-refractivity contribution in [2.75, 3.05) is 5.32 Å². The number of benzene rings is 1. The molecule has 0 aliphatic heterocycles. The smallest absolute Gasteiger partial charge is 0.324 e. The first-order chi connectivity index (χ1) is 9.90. The van der Waals surface area contributed by atoms with Crippen LogP contribution in [-0.2, 0) is 6.18 Å². The molecule has 0 atom stereocenters. The molecule has 0 aromatic heterocycles. The van der Waals surface area contributed by atoms with Gasteiger partial charge in [-0.25, -0.2) is 10.8 Å². The summed E-state index contributed by atoms with van der Waals surface area (Å²) in [5, 5.41) is 2.88. The second-order valence-corrected chi connectivity index (χ2v) is 5.28. The van der Waals surface area contributed by atoms with E-state index in [2.05, 4.69) is 15.7 Å². The van der Waals surface area contributed by atoms with Gasteiger partial charge in [-0.05, 0) is 31.0 Å². The van der Waals surface area contributed by atoms with Gasteiger partial charge in [-0.2, -0.15) is 13.2 Å². The summed E-state index contributed by atoms with van der Waals surface area (Å²) in [5.41, 5.74) is 1.69. The Kier molecular flexibility index (Phi) is 4.95. The number of halogens is 4. The Hall–Kier alpha value is -1.47. The molecule has 0 saturated heterocycles. The fourth-order valence-electron chi connectivity index (χ4n) is 2.25. The number of hydrogen-bond donors (Lipinski definition) is 3. The predicted octanol–water partition coefficient (Wildman–Crippen LogP) is 3.53. The standard InChI is InChI=1S/C13H16ClF3N4/c14-10-6-5-8(13(15,16)17)7-11(10)20-12(21-18)19-9-3-1-2-4-9/h5-7,9H,1-4,18H2,(H2,19,20,21). The topological polar surface area (TPSA) is 62.4 Å². The molecule has 1 aliphatic rings. The van der Waals surface area contributed by atoms with Crippen LogP contribution in [-0.4, -0.2) is 12.0 Å². The molecule has 0 radical (unpaired) electrons. The molecule has 4 N–H and O–H groups in total. The van der Waals surface area contributed by atoms with Crippen molar-refractivity contribution >= 4 is 23.2 Å². The van der Waals surface area contributed by atoms with Gasteiger partial charge in [0.2, 0.25) is 5.96 Å². The number of guanidine groups is 1. The van der Waals surface area contributed by atoms with Crippen LogP contribution in [0.2, 0.25) is 5.02 Å². The van der Waals surface area contributed by atoms with Crippen LogP contribution in [0.15, 0.2) is 23.2 Å². The summed E-state index contributed by atoms with van der Waals surface area (Å²) >= 11 is 5.91. The summed E-state index contributed by atoms with van der Waals surface area (Å²) in [6.45, 7) is 0. The molecule has 21 heavy (non-hydrogen) atoms. The largest absolute Gasteiger partial charge is 0.416 e. The lowest BCUT2D eigenvalue weighted by molar-refractivity contribution is -0.137. The zero-order valence-electron chi connectivity index (χ0n) is 11.2. The van der Waals surface area contributed by atoms with E-state index in [1.165, 1.54) is 6.07 Å². The third kappa shape index (κ3) is 4.25. The minimum Gasteiger partial charge on any atom is -0.324 e. The summed E-state index contributed by atoms with van der Waals surface area (Å²) < 4.78 is 38.1. The number of hydrogen-bond acceptors (Lipinski definition) is 2. The highest BCUT2D eigenvalue weighted by atomic mass is 35.5. The summed E-state index contributed by atoms with van der Waals surface area (Å²) in [6, 6.07) is 3.19. The maximum Gasteiger partial charge on any atom is 0.416 e. The fraction of sp³-hybridized carbons (Fsp3) is 0.462. The number of nitrogens with one attached hydrogen (secondary N) is 2. The van der Waals surface area contributed by atoms with Crippen molar-refractivity contribution in [1.29, 1.82) is 0 Å². The number of hydrazine groups is 1. The zero-order chi connectivity index (χ0) is 15.5. The van der Waals surface area contributed by atoms with Crippen molar-refractivity contribution in [2.24, 2.45) is 10.8 Å². The number of rotatable bonds is 2. The van der Waals surface area contributed by atoms with Gasteiger partial charge >= 0.3 is 6.18 Å². The van der Waals surface area contributed by atoms with Gasteiger partial charge in [-0.3, -0.25) is 5.43 Å². The van der Waals surface area contributed by atoms with E-state index >= 15 is 0 Å². The Balaban J connectivity index is 2.20. The van der Waals surface area contributed by atoms with Gasteiger partial charge in [0.1, 0.15) is 0 Å². The third-order valence-electron chi connectivity index (χ3n) is 3.32.